The molecule has 3 rings (SSSR count). The Morgan fingerprint density at radius 3 is 2.72 bits per heavy atom. The number of carbonyl (C=O) groups is 1. The van der Waals surface area contributed by atoms with Crippen LogP contribution < -0.4 is 10.1 Å². The number of phenolic OH excluding ortho intramolecular Hbond substituents is 1. The monoisotopic (exact) mass is 486 g/mol. The highest BCUT2D eigenvalue weighted by atomic mass is 127. The fraction of sp³-hybridized carbons (Fsp3) is 0.0588. The number of rotatable bonds is 3. The van der Waals surface area contributed by atoms with Gasteiger partial charge in [-0.1, -0.05) is 11.6 Å². The van der Waals surface area contributed by atoms with Crippen molar-refractivity contribution in [3.8, 4) is 11.5 Å². The number of hydrogen-bond donors (Lipinski definition) is 2. The van der Waals surface area contributed by atoms with Crippen molar-refractivity contribution in [3.05, 3.63) is 55.5 Å². The van der Waals surface area contributed by atoms with E-state index in [-0.39, 0.29) is 11.7 Å². The van der Waals surface area contributed by atoms with E-state index in [9.17, 15) is 9.90 Å². The topological polar surface area (TPSA) is 70.9 Å². The lowest BCUT2D eigenvalue weighted by molar-refractivity contribution is -0.115. The van der Waals surface area contributed by atoms with Gasteiger partial charge in [0.2, 0.25) is 0 Å². The zero-order valence-electron chi connectivity index (χ0n) is 12.9. The molecule has 0 bridgehead atoms. The van der Waals surface area contributed by atoms with E-state index in [0.717, 1.165) is 5.56 Å². The highest BCUT2D eigenvalue weighted by Gasteiger charge is 2.24. The van der Waals surface area contributed by atoms with Gasteiger partial charge in [0.05, 0.1) is 21.3 Å². The number of carbonyl (C=O) groups excluding carboxylic acids is 1. The largest absolute Gasteiger partial charge is 0.504 e. The molecule has 2 aromatic carbocycles. The smallest absolute Gasteiger partial charge is 0.264 e. The minimum absolute atomic E-state index is 0.0822. The molecule has 0 radical (unpaired) electrons. The first-order valence-corrected chi connectivity index (χ1v) is 9.35. The third-order valence-electron chi connectivity index (χ3n) is 3.28. The fourth-order valence-corrected chi connectivity index (χ4v) is 3.69. The van der Waals surface area contributed by atoms with E-state index in [0.29, 0.717) is 30.1 Å². The molecule has 25 heavy (non-hydrogen) atoms. The van der Waals surface area contributed by atoms with Crippen molar-refractivity contribution in [2.75, 3.05) is 7.11 Å². The van der Waals surface area contributed by atoms with Crippen LogP contribution in [0.4, 0.5) is 5.69 Å². The summed E-state index contributed by atoms with van der Waals surface area (Å²) in [5.74, 6) is 0.218. The quantitative estimate of drug-likeness (QED) is 0.493. The van der Waals surface area contributed by atoms with Crippen molar-refractivity contribution < 1.29 is 14.6 Å². The van der Waals surface area contributed by atoms with Crippen LogP contribution in [0.1, 0.15) is 5.56 Å². The molecule has 0 atom stereocenters. The third-order valence-corrected chi connectivity index (χ3v) is 5.26. The van der Waals surface area contributed by atoms with E-state index in [1.165, 1.54) is 18.9 Å². The molecular weight excluding hydrogens is 475 g/mol. The van der Waals surface area contributed by atoms with Crippen molar-refractivity contribution in [3.63, 3.8) is 0 Å². The Balaban J connectivity index is 1.86. The zero-order chi connectivity index (χ0) is 18.0. The second-order valence-electron chi connectivity index (χ2n) is 5.01. The van der Waals surface area contributed by atoms with Gasteiger partial charge in [0.1, 0.15) is 0 Å². The number of nitrogens with zero attached hydrogens (tertiary/aromatic N) is 1. The molecule has 1 saturated heterocycles. The first-order chi connectivity index (χ1) is 12.0. The molecule has 1 fully saturated rings. The summed E-state index contributed by atoms with van der Waals surface area (Å²) < 4.78 is 5.78. The van der Waals surface area contributed by atoms with Crippen LogP contribution >= 0.6 is 46.0 Å². The third kappa shape index (κ3) is 4.28. The van der Waals surface area contributed by atoms with E-state index < -0.39 is 0 Å². The van der Waals surface area contributed by atoms with Crippen LogP contribution in [-0.2, 0) is 4.79 Å². The lowest BCUT2D eigenvalue weighted by Crippen LogP contribution is -2.19. The van der Waals surface area contributed by atoms with Crippen molar-refractivity contribution in [1.82, 2.24) is 5.32 Å². The number of aliphatic imine (C=N–C) groups is 1. The number of thioether (sulfide) groups is 1. The summed E-state index contributed by atoms with van der Waals surface area (Å²) in [6.45, 7) is 0. The predicted octanol–water partition coefficient (Wildman–Crippen LogP) is 4.55. The lowest BCUT2D eigenvalue weighted by atomic mass is 10.2. The fourth-order valence-electron chi connectivity index (χ4n) is 2.10. The highest BCUT2D eigenvalue weighted by Crippen LogP contribution is 2.35. The van der Waals surface area contributed by atoms with Gasteiger partial charge in [-0.3, -0.25) is 4.79 Å². The van der Waals surface area contributed by atoms with Gasteiger partial charge in [0.15, 0.2) is 16.7 Å². The number of methoxy groups -OCH3 is 1. The average Bonchev–Trinajstić information content (AvgIpc) is 2.92. The van der Waals surface area contributed by atoms with Crippen molar-refractivity contribution in [2.45, 2.75) is 0 Å². The Morgan fingerprint density at radius 1 is 1.32 bits per heavy atom. The maximum Gasteiger partial charge on any atom is 0.264 e. The van der Waals surface area contributed by atoms with Crippen LogP contribution in [0.25, 0.3) is 6.08 Å². The molecule has 5 nitrogen and oxygen atoms in total. The number of aromatic hydroxyl groups is 1. The Labute approximate surface area is 167 Å². The first-order valence-electron chi connectivity index (χ1n) is 7.08. The van der Waals surface area contributed by atoms with Crippen LogP contribution in [0.3, 0.4) is 0 Å². The number of hydrogen-bond acceptors (Lipinski definition) is 5. The van der Waals surface area contributed by atoms with E-state index in [4.69, 9.17) is 16.3 Å². The van der Waals surface area contributed by atoms with Gasteiger partial charge in [-0.05, 0) is 82.4 Å². The molecular formula is C17H12ClIN2O3S. The Morgan fingerprint density at radius 2 is 2.04 bits per heavy atom. The van der Waals surface area contributed by atoms with Gasteiger partial charge in [-0.15, -0.1) is 0 Å². The SMILES string of the molecule is COc1cc(/C=C2\SC(=Nc3ccc(Cl)cc3)NC2=O)cc(I)c1O. The molecule has 1 heterocycles. The standard InChI is InChI=1S/C17H12ClIN2O3S/c1-24-13-7-9(6-12(19)15(13)22)8-14-16(23)21-17(25-14)20-11-4-2-10(18)3-5-11/h2-8,22H,1H3,(H,20,21,23)/b14-8-. The molecule has 2 aromatic rings. The summed E-state index contributed by atoms with van der Waals surface area (Å²) >= 11 is 9.11. The molecule has 0 saturated carbocycles. The van der Waals surface area contributed by atoms with Gasteiger partial charge >= 0.3 is 0 Å². The van der Waals surface area contributed by atoms with Crippen molar-refractivity contribution >= 4 is 68.8 Å². The number of amides is 1. The normalized spacial score (nSPS) is 17.2. The van der Waals surface area contributed by atoms with Gasteiger partial charge in [-0.25, -0.2) is 4.99 Å². The van der Waals surface area contributed by atoms with Crippen molar-refractivity contribution in [1.29, 1.82) is 0 Å². The van der Waals surface area contributed by atoms with Gasteiger partial charge in [0.25, 0.3) is 5.91 Å². The molecule has 128 valence electrons. The zero-order valence-corrected chi connectivity index (χ0v) is 16.6. The number of halogens is 2. The number of phenols is 1. The predicted molar refractivity (Wildman–Crippen MR) is 110 cm³/mol. The van der Waals surface area contributed by atoms with Crippen LogP contribution in [-0.4, -0.2) is 23.3 Å². The minimum atomic E-state index is -0.222. The molecule has 2 N–H and O–H groups in total. The van der Waals surface area contributed by atoms with Crippen LogP contribution in [0, 0.1) is 3.57 Å². The lowest BCUT2D eigenvalue weighted by Gasteiger charge is -2.06. The molecule has 0 aromatic heterocycles. The Bertz CT molecular complexity index is 898. The molecule has 1 amide bonds. The summed E-state index contributed by atoms with van der Waals surface area (Å²) in [5.41, 5.74) is 1.46. The Kier molecular flexibility index (Phi) is 5.55. The second kappa shape index (κ2) is 7.67. The molecule has 1 aliphatic rings. The molecule has 8 heteroatoms. The summed E-state index contributed by atoms with van der Waals surface area (Å²) in [7, 11) is 1.48. The maximum atomic E-state index is 12.2. The minimum Gasteiger partial charge on any atom is -0.504 e. The van der Waals surface area contributed by atoms with Crippen LogP contribution in [0.2, 0.25) is 5.02 Å². The number of benzene rings is 2. The molecule has 0 spiro atoms. The molecule has 1 aliphatic heterocycles. The summed E-state index contributed by atoms with van der Waals surface area (Å²) in [6.07, 6.45) is 1.73. The number of nitrogens with one attached hydrogen (secondary N) is 1. The van der Waals surface area contributed by atoms with E-state index in [1.807, 2.05) is 22.6 Å². The summed E-state index contributed by atoms with van der Waals surface area (Å²) in [4.78, 5) is 17.1. The highest BCUT2D eigenvalue weighted by molar-refractivity contribution is 14.1. The van der Waals surface area contributed by atoms with Gasteiger partial charge in [-0.2, -0.15) is 0 Å². The van der Waals surface area contributed by atoms with Crippen molar-refractivity contribution in [2.24, 2.45) is 4.99 Å². The number of ether oxygens (including phenoxy) is 1. The summed E-state index contributed by atoms with van der Waals surface area (Å²) in [5, 5.41) is 13.8. The molecule has 0 unspecified atom stereocenters. The average molecular weight is 487 g/mol. The second-order valence-corrected chi connectivity index (χ2v) is 7.64. The maximum absolute atomic E-state index is 12.2. The summed E-state index contributed by atoms with van der Waals surface area (Å²) in [6, 6.07) is 10.5. The Hall–Kier alpha value is -1.71. The number of amidine groups is 1. The van der Waals surface area contributed by atoms with Gasteiger partial charge in [0, 0.05) is 5.02 Å². The van der Waals surface area contributed by atoms with E-state index >= 15 is 0 Å². The van der Waals surface area contributed by atoms with E-state index in [2.05, 4.69) is 10.3 Å². The molecule has 0 aliphatic carbocycles. The van der Waals surface area contributed by atoms with E-state index in [1.54, 1.807) is 42.5 Å². The first kappa shape index (κ1) is 18.1. The van der Waals surface area contributed by atoms with Crippen LogP contribution in [0.5, 0.6) is 11.5 Å². The van der Waals surface area contributed by atoms with Crippen LogP contribution in [0.15, 0.2) is 46.3 Å². The van der Waals surface area contributed by atoms with Gasteiger partial charge < -0.3 is 15.2 Å².